The number of para-hydroxylation sites is 1. The van der Waals surface area contributed by atoms with E-state index in [0.717, 1.165) is 44.5 Å². The van der Waals surface area contributed by atoms with Gasteiger partial charge in [-0.05, 0) is 49.1 Å². The molecule has 5 heteroatoms. The third-order valence-electron chi connectivity index (χ3n) is 5.20. The normalized spacial score (nSPS) is 17.4. The number of hydrogen-bond acceptors (Lipinski definition) is 4. The Morgan fingerprint density at radius 2 is 1.88 bits per heavy atom. The lowest BCUT2D eigenvalue weighted by Gasteiger charge is -2.35. The van der Waals surface area contributed by atoms with Gasteiger partial charge in [0.15, 0.2) is 0 Å². The molecule has 134 valence electrons. The zero-order valence-electron chi connectivity index (χ0n) is 14.8. The lowest BCUT2D eigenvalue weighted by molar-refractivity contribution is 0.0922. The van der Waals surface area contributed by atoms with Gasteiger partial charge in [0, 0.05) is 36.8 Å². The van der Waals surface area contributed by atoms with E-state index in [1.807, 2.05) is 12.1 Å². The number of fused-ring (bicyclic) bond motifs is 1. The fraction of sp³-hybridized carbons (Fsp3) is 0.333. The van der Waals surface area contributed by atoms with Crippen LogP contribution in [0.25, 0.3) is 0 Å². The molecule has 0 unspecified atom stereocenters. The Morgan fingerprint density at radius 1 is 1.08 bits per heavy atom. The van der Waals surface area contributed by atoms with Crippen molar-refractivity contribution in [2.75, 3.05) is 18.8 Å². The van der Waals surface area contributed by atoms with Crippen LogP contribution in [0.4, 0.5) is 11.4 Å². The van der Waals surface area contributed by atoms with Gasteiger partial charge in [0.1, 0.15) is 5.84 Å². The summed E-state index contributed by atoms with van der Waals surface area (Å²) in [5, 5.41) is 3.14. The highest BCUT2D eigenvalue weighted by Crippen LogP contribution is 2.27. The summed E-state index contributed by atoms with van der Waals surface area (Å²) in [5.41, 5.74) is 9.44. The minimum atomic E-state index is -0.0420. The molecule has 1 fully saturated rings. The summed E-state index contributed by atoms with van der Waals surface area (Å²) in [6, 6.07) is 15.7. The number of nitrogens with one attached hydrogen (secondary N) is 1. The lowest BCUT2D eigenvalue weighted by Crippen LogP contribution is -2.46. The maximum absolute atomic E-state index is 12.4. The van der Waals surface area contributed by atoms with Gasteiger partial charge in [0.05, 0.1) is 5.69 Å². The molecule has 4 rings (SSSR count). The molecule has 2 aromatic rings. The first kappa shape index (κ1) is 16.6. The number of anilines is 1. The number of carbonyl (C=O) groups is 1. The van der Waals surface area contributed by atoms with E-state index in [-0.39, 0.29) is 11.9 Å². The molecule has 1 amide bonds. The van der Waals surface area contributed by atoms with Crippen molar-refractivity contribution < 1.29 is 4.79 Å². The van der Waals surface area contributed by atoms with Crippen molar-refractivity contribution in [1.82, 2.24) is 10.2 Å². The molecule has 2 aliphatic rings. The summed E-state index contributed by atoms with van der Waals surface area (Å²) < 4.78 is 0. The van der Waals surface area contributed by atoms with E-state index in [9.17, 15) is 4.79 Å². The Balaban J connectivity index is 1.35. The predicted molar refractivity (Wildman–Crippen MR) is 105 cm³/mol. The van der Waals surface area contributed by atoms with E-state index in [1.165, 1.54) is 11.4 Å². The van der Waals surface area contributed by atoms with Crippen molar-refractivity contribution in [3.63, 3.8) is 0 Å². The minimum Gasteiger partial charge on any atom is -0.399 e. The van der Waals surface area contributed by atoms with Crippen LogP contribution in [0.15, 0.2) is 53.5 Å². The van der Waals surface area contributed by atoms with E-state index in [1.54, 1.807) is 18.2 Å². The van der Waals surface area contributed by atoms with Crippen LogP contribution < -0.4 is 11.1 Å². The predicted octanol–water partition coefficient (Wildman–Crippen LogP) is 3.14. The third kappa shape index (κ3) is 3.57. The van der Waals surface area contributed by atoms with Crippen LogP contribution in [0.3, 0.4) is 0 Å². The number of hydrogen-bond donors (Lipinski definition) is 2. The van der Waals surface area contributed by atoms with Gasteiger partial charge in [-0.3, -0.25) is 4.79 Å². The molecule has 2 heterocycles. The first-order valence-electron chi connectivity index (χ1n) is 9.26. The maximum Gasteiger partial charge on any atom is 0.251 e. The van der Waals surface area contributed by atoms with E-state index in [4.69, 9.17) is 10.7 Å². The maximum atomic E-state index is 12.4. The second-order valence-corrected chi connectivity index (χ2v) is 7.02. The molecule has 5 nitrogen and oxygen atoms in total. The molecule has 0 atom stereocenters. The molecule has 0 spiro atoms. The van der Waals surface area contributed by atoms with Gasteiger partial charge in [-0.25, -0.2) is 4.99 Å². The fourth-order valence-electron chi connectivity index (χ4n) is 3.73. The Kier molecular flexibility index (Phi) is 4.61. The number of benzene rings is 2. The lowest BCUT2D eigenvalue weighted by atomic mass is 10.0. The number of rotatable bonds is 2. The highest BCUT2D eigenvalue weighted by molar-refractivity contribution is 5.95. The number of aliphatic imine (C=N–C) groups is 1. The number of nitrogen functional groups attached to an aromatic ring is 1. The van der Waals surface area contributed by atoms with Gasteiger partial charge in [0.2, 0.25) is 0 Å². The number of nitrogens with two attached hydrogens (primary N) is 1. The molecule has 2 aromatic carbocycles. The molecular formula is C21H24N4O. The molecule has 0 aliphatic carbocycles. The molecule has 2 aliphatic heterocycles. The number of amidine groups is 1. The van der Waals surface area contributed by atoms with Gasteiger partial charge < -0.3 is 16.0 Å². The standard InChI is InChI=1S/C21H24N4O/c22-17-6-3-5-16(14-17)21(26)23-18-10-12-25(13-11-18)20-9-8-15-4-1-2-7-19(15)24-20/h1-7,14,18H,8-13,22H2,(H,23,26). The molecule has 3 N–H and O–H groups in total. The zero-order chi connectivity index (χ0) is 17.9. The van der Waals surface area contributed by atoms with Gasteiger partial charge >= 0.3 is 0 Å². The summed E-state index contributed by atoms with van der Waals surface area (Å²) >= 11 is 0. The van der Waals surface area contributed by atoms with Gasteiger partial charge in [-0.15, -0.1) is 0 Å². The number of amides is 1. The molecule has 26 heavy (non-hydrogen) atoms. The van der Waals surface area contributed by atoms with Crippen molar-refractivity contribution in [2.45, 2.75) is 31.7 Å². The van der Waals surface area contributed by atoms with Crippen molar-refractivity contribution in [2.24, 2.45) is 4.99 Å². The van der Waals surface area contributed by atoms with Crippen molar-refractivity contribution in [3.05, 3.63) is 59.7 Å². The monoisotopic (exact) mass is 348 g/mol. The Labute approximate surface area is 153 Å². The summed E-state index contributed by atoms with van der Waals surface area (Å²) in [7, 11) is 0. The van der Waals surface area contributed by atoms with Crippen molar-refractivity contribution in [1.29, 1.82) is 0 Å². The summed E-state index contributed by atoms with van der Waals surface area (Å²) in [4.78, 5) is 19.6. The van der Waals surface area contributed by atoms with E-state index < -0.39 is 0 Å². The van der Waals surface area contributed by atoms with Gasteiger partial charge in [-0.2, -0.15) is 0 Å². The summed E-state index contributed by atoms with van der Waals surface area (Å²) in [5.74, 6) is 1.14. The Hall–Kier alpha value is -2.82. The quantitative estimate of drug-likeness (QED) is 0.819. The van der Waals surface area contributed by atoms with Crippen LogP contribution in [0.1, 0.15) is 35.2 Å². The molecule has 0 aromatic heterocycles. The van der Waals surface area contributed by atoms with Crippen LogP contribution in [0.5, 0.6) is 0 Å². The molecular weight excluding hydrogens is 324 g/mol. The van der Waals surface area contributed by atoms with E-state index in [0.29, 0.717) is 11.3 Å². The smallest absolute Gasteiger partial charge is 0.251 e. The SMILES string of the molecule is Nc1cccc(C(=O)NC2CCN(C3=Nc4ccccc4CC3)CC2)c1. The fourth-order valence-corrected chi connectivity index (χ4v) is 3.73. The van der Waals surface area contributed by atoms with Crippen LogP contribution in [0, 0.1) is 0 Å². The van der Waals surface area contributed by atoms with Crippen molar-refractivity contribution >= 4 is 23.1 Å². The van der Waals surface area contributed by atoms with Crippen LogP contribution in [0.2, 0.25) is 0 Å². The molecule has 0 radical (unpaired) electrons. The minimum absolute atomic E-state index is 0.0420. The van der Waals surface area contributed by atoms with Crippen LogP contribution in [-0.4, -0.2) is 35.8 Å². The first-order chi connectivity index (χ1) is 12.7. The Bertz CT molecular complexity index is 837. The number of nitrogens with zero attached hydrogens (tertiary/aromatic N) is 2. The first-order valence-corrected chi connectivity index (χ1v) is 9.26. The Morgan fingerprint density at radius 3 is 2.69 bits per heavy atom. The molecule has 0 bridgehead atoms. The van der Waals surface area contributed by atoms with Crippen molar-refractivity contribution in [3.8, 4) is 0 Å². The highest BCUT2D eigenvalue weighted by Gasteiger charge is 2.24. The number of carbonyl (C=O) groups excluding carboxylic acids is 1. The topological polar surface area (TPSA) is 70.7 Å². The second-order valence-electron chi connectivity index (χ2n) is 7.02. The van der Waals surface area contributed by atoms with Gasteiger partial charge in [0.25, 0.3) is 5.91 Å². The number of likely N-dealkylation sites (tertiary alicyclic amines) is 1. The number of piperidine rings is 1. The molecule has 0 saturated carbocycles. The number of aryl methyl sites for hydroxylation is 1. The van der Waals surface area contributed by atoms with Crippen LogP contribution >= 0.6 is 0 Å². The largest absolute Gasteiger partial charge is 0.399 e. The van der Waals surface area contributed by atoms with E-state index >= 15 is 0 Å². The van der Waals surface area contributed by atoms with E-state index in [2.05, 4.69) is 28.4 Å². The highest BCUT2D eigenvalue weighted by atomic mass is 16.1. The average molecular weight is 348 g/mol. The summed E-state index contributed by atoms with van der Waals surface area (Å²) in [6.07, 6.45) is 3.93. The zero-order valence-corrected chi connectivity index (χ0v) is 14.8. The molecule has 1 saturated heterocycles. The average Bonchev–Trinajstić information content (AvgIpc) is 2.68. The van der Waals surface area contributed by atoms with Crippen LogP contribution in [-0.2, 0) is 6.42 Å². The summed E-state index contributed by atoms with van der Waals surface area (Å²) in [6.45, 7) is 1.87. The third-order valence-corrected chi connectivity index (χ3v) is 5.20. The second kappa shape index (κ2) is 7.20. The van der Waals surface area contributed by atoms with Gasteiger partial charge in [-0.1, -0.05) is 24.3 Å².